The van der Waals surface area contributed by atoms with Crippen molar-refractivity contribution < 1.29 is 13.2 Å². The average molecular weight is 263 g/mol. The molecule has 0 amide bonds. The molecule has 0 radical (unpaired) electrons. The van der Waals surface area contributed by atoms with Gasteiger partial charge in [-0.1, -0.05) is 12.1 Å². The Labute approximate surface area is 101 Å². The smallest absolute Gasteiger partial charge is 0.235 e. The third kappa shape index (κ3) is 3.68. The van der Waals surface area contributed by atoms with Crippen LogP contribution < -0.4 is 4.74 Å². The van der Waals surface area contributed by atoms with E-state index in [1.54, 1.807) is 0 Å². The fourth-order valence-electron chi connectivity index (χ4n) is 1.39. The first-order valence-corrected chi connectivity index (χ1v) is 7.41. The van der Waals surface area contributed by atoms with E-state index in [1.165, 1.54) is 0 Å². The second-order valence-electron chi connectivity index (χ2n) is 3.74. The van der Waals surface area contributed by atoms with Crippen LogP contribution in [0.4, 0.5) is 0 Å². The number of aryl methyl sites for hydroxylation is 2. The lowest BCUT2D eigenvalue weighted by Gasteiger charge is -2.13. The van der Waals surface area contributed by atoms with Gasteiger partial charge in [0.2, 0.25) is 9.05 Å². The summed E-state index contributed by atoms with van der Waals surface area (Å²) in [6, 6.07) is 3.96. The zero-order valence-electron chi connectivity index (χ0n) is 9.58. The summed E-state index contributed by atoms with van der Waals surface area (Å²) in [6.45, 7) is 5.95. The number of hydrogen-bond donors (Lipinski definition) is 0. The number of ether oxygens (including phenoxy) is 1. The summed E-state index contributed by atoms with van der Waals surface area (Å²) in [6.07, 6.45) is 0. The lowest BCUT2D eigenvalue weighted by molar-refractivity contribution is 0.336. The van der Waals surface area contributed by atoms with E-state index in [0.717, 1.165) is 22.4 Å². The van der Waals surface area contributed by atoms with Crippen LogP contribution in [0.5, 0.6) is 5.75 Å². The number of halogens is 1. The Morgan fingerprint density at radius 3 is 2.31 bits per heavy atom. The summed E-state index contributed by atoms with van der Waals surface area (Å²) in [5.41, 5.74) is 3.15. The molecule has 0 heterocycles. The summed E-state index contributed by atoms with van der Waals surface area (Å²) in [7, 11) is 1.62. The molecule has 0 spiro atoms. The molecule has 0 aliphatic rings. The van der Waals surface area contributed by atoms with Gasteiger partial charge in [-0.15, -0.1) is 0 Å². The summed E-state index contributed by atoms with van der Waals surface area (Å²) in [5, 5.41) is 0. The van der Waals surface area contributed by atoms with Crippen molar-refractivity contribution in [3.63, 3.8) is 0 Å². The molecule has 0 saturated carbocycles. The van der Waals surface area contributed by atoms with Crippen LogP contribution >= 0.6 is 10.7 Å². The summed E-state index contributed by atoms with van der Waals surface area (Å²) < 4.78 is 26.9. The molecule has 0 bridgehead atoms. The molecular formula is C11H15ClO3S. The lowest BCUT2D eigenvalue weighted by atomic mass is 10.1. The molecule has 0 aromatic heterocycles. The molecule has 1 rings (SSSR count). The molecule has 0 fully saturated rings. The fourth-order valence-corrected chi connectivity index (χ4v) is 1.86. The maximum Gasteiger partial charge on any atom is 0.235 e. The third-order valence-corrected chi connectivity index (χ3v) is 3.56. The van der Waals surface area contributed by atoms with Gasteiger partial charge in [-0.2, -0.15) is 0 Å². The highest BCUT2D eigenvalue weighted by atomic mass is 35.7. The largest absolute Gasteiger partial charge is 0.492 e. The van der Waals surface area contributed by atoms with Gasteiger partial charge in [0.25, 0.3) is 0 Å². The van der Waals surface area contributed by atoms with E-state index in [4.69, 9.17) is 15.4 Å². The van der Waals surface area contributed by atoms with Gasteiger partial charge in [-0.05, 0) is 37.5 Å². The Morgan fingerprint density at radius 2 is 1.75 bits per heavy atom. The zero-order valence-corrected chi connectivity index (χ0v) is 11.2. The van der Waals surface area contributed by atoms with E-state index >= 15 is 0 Å². The van der Waals surface area contributed by atoms with Gasteiger partial charge < -0.3 is 4.74 Å². The minimum Gasteiger partial charge on any atom is -0.492 e. The van der Waals surface area contributed by atoms with Crippen LogP contribution in [-0.4, -0.2) is 20.8 Å². The Kier molecular flexibility index (Phi) is 4.21. The molecule has 0 aliphatic carbocycles. The monoisotopic (exact) mass is 262 g/mol. The second-order valence-corrected chi connectivity index (χ2v) is 6.64. The Morgan fingerprint density at radius 1 is 1.19 bits per heavy atom. The SMILES string of the molecule is Cc1ccc(C)c(OCCS(=O)(=O)Cl)c1C. The Balaban J connectivity index is 2.78. The van der Waals surface area contributed by atoms with E-state index in [-0.39, 0.29) is 12.4 Å². The summed E-state index contributed by atoms with van der Waals surface area (Å²) >= 11 is 0. The first-order valence-electron chi connectivity index (χ1n) is 4.93. The van der Waals surface area contributed by atoms with Gasteiger partial charge in [0.05, 0.1) is 5.75 Å². The molecular weight excluding hydrogens is 248 g/mol. The highest BCUT2D eigenvalue weighted by Gasteiger charge is 2.09. The maximum absolute atomic E-state index is 10.7. The van der Waals surface area contributed by atoms with Crippen molar-refractivity contribution in [2.24, 2.45) is 0 Å². The molecule has 5 heteroatoms. The molecule has 16 heavy (non-hydrogen) atoms. The molecule has 3 nitrogen and oxygen atoms in total. The highest BCUT2D eigenvalue weighted by Crippen LogP contribution is 2.25. The van der Waals surface area contributed by atoms with E-state index < -0.39 is 9.05 Å². The van der Waals surface area contributed by atoms with Gasteiger partial charge in [0.1, 0.15) is 12.4 Å². The molecule has 0 saturated heterocycles. The van der Waals surface area contributed by atoms with Gasteiger partial charge in [0, 0.05) is 10.7 Å². The van der Waals surface area contributed by atoms with Crippen molar-refractivity contribution in [2.45, 2.75) is 20.8 Å². The van der Waals surface area contributed by atoms with Crippen LogP contribution in [0.2, 0.25) is 0 Å². The number of benzene rings is 1. The van der Waals surface area contributed by atoms with Crippen LogP contribution in [0, 0.1) is 20.8 Å². The minimum atomic E-state index is -3.48. The molecule has 1 aromatic carbocycles. The Bertz CT molecular complexity index is 480. The van der Waals surface area contributed by atoms with Crippen molar-refractivity contribution in [3.05, 3.63) is 28.8 Å². The maximum atomic E-state index is 10.7. The molecule has 0 unspecified atom stereocenters. The molecule has 0 N–H and O–H groups in total. The van der Waals surface area contributed by atoms with Gasteiger partial charge in [-0.25, -0.2) is 8.42 Å². The van der Waals surface area contributed by atoms with Crippen LogP contribution in [0.3, 0.4) is 0 Å². The lowest BCUT2D eigenvalue weighted by Crippen LogP contribution is -2.10. The van der Waals surface area contributed by atoms with Crippen LogP contribution in [0.1, 0.15) is 16.7 Å². The Hall–Kier alpha value is -0.740. The third-order valence-electron chi connectivity index (χ3n) is 2.45. The van der Waals surface area contributed by atoms with Gasteiger partial charge >= 0.3 is 0 Å². The van der Waals surface area contributed by atoms with E-state index in [9.17, 15) is 8.42 Å². The standard InChI is InChI=1S/C11H15ClO3S/c1-8-4-5-9(2)11(10(8)3)15-6-7-16(12,13)14/h4-5H,6-7H2,1-3H3. The number of hydrogen-bond acceptors (Lipinski definition) is 3. The van der Waals surface area contributed by atoms with E-state index in [2.05, 4.69) is 0 Å². The quantitative estimate of drug-likeness (QED) is 0.784. The van der Waals surface area contributed by atoms with E-state index in [0.29, 0.717) is 0 Å². The van der Waals surface area contributed by atoms with Crippen LogP contribution in [-0.2, 0) is 9.05 Å². The van der Waals surface area contributed by atoms with Crippen molar-refractivity contribution in [1.29, 1.82) is 0 Å². The highest BCUT2D eigenvalue weighted by molar-refractivity contribution is 8.13. The molecule has 0 atom stereocenters. The summed E-state index contributed by atoms with van der Waals surface area (Å²) in [5.74, 6) is 0.571. The van der Waals surface area contributed by atoms with Crippen LogP contribution in [0.25, 0.3) is 0 Å². The fraction of sp³-hybridized carbons (Fsp3) is 0.455. The van der Waals surface area contributed by atoms with Gasteiger partial charge in [-0.3, -0.25) is 0 Å². The minimum absolute atomic E-state index is 0.0803. The van der Waals surface area contributed by atoms with E-state index in [1.807, 2.05) is 32.9 Å². The second kappa shape index (κ2) is 5.06. The topological polar surface area (TPSA) is 43.4 Å². The predicted octanol–water partition coefficient (Wildman–Crippen LogP) is 2.56. The molecule has 1 aromatic rings. The van der Waals surface area contributed by atoms with Crippen molar-refractivity contribution in [3.8, 4) is 5.75 Å². The molecule has 0 aliphatic heterocycles. The average Bonchev–Trinajstić information content (AvgIpc) is 2.16. The normalized spacial score (nSPS) is 11.5. The van der Waals surface area contributed by atoms with Gasteiger partial charge in [0.15, 0.2) is 0 Å². The molecule has 90 valence electrons. The summed E-state index contributed by atoms with van der Waals surface area (Å²) in [4.78, 5) is 0. The van der Waals surface area contributed by atoms with Crippen molar-refractivity contribution >= 4 is 19.7 Å². The first kappa shape index (κ1) is 13.3. The van der Waals surface area contributed by atoms with Crippen LogP contribution in [0.15, 0.2) is 12.1 Å². The first-order chi connectivity index (χ1) is 7.31. The zero-order chi connectivity index (χ0) is 12.3. The van der Waals surface area contributed by atoms with Crippen molar-refractivity contribution in [2.75, 3.05) is 12.4 Å². The number of rotatable bonds is 4. The predicted molar refractivity (Wildman–Crippen MR) is 65.8 cm³/mol. The van der Waals surface area contributed by atoms with Crippen molar-refractivity contribution in [1.82, 2.24) is 0 Å².